The van der Waals surface area contributed by atoms with Crippen LogP contribution in [0.5, 0.6) is 0 Å². The third-order valence-corrected chi connectivity index (χ3v) is 7.65. The summed E-state index contributed by atoms with van der Waals surface area (Å²) in [5.74, 6) is 0.960. The molecule has 4 saturated heterocycles. The van der Waals surface area contributed by atoms with Gasteiger partial charge >= 0.3 is 0 Å². The molecule has 4 atom stereocenters. The van der Waals surface area contributed by atoms with Gasteiger partial charge in [0.05, 0.1) is 11.7 Å². The number of piperidine rings is 1. The largest absolute Gasteiger partial charge is 0.396 e. The summed E-state index contributed by atoms with van der Waals surface area (Å²) in [6, 6.07) is 11.6. The maximum absolute atomic E-state index is 9.81. The van der Waals surface area contributed by atoms with Crippen molar-refractivity contribution in [2.45, 2.75) is 49.9 Å². The zero-order valence-electron chi connectivity index (χ0n) is 15.7. The Labute approximate surface area is 157 Å². The molecule has 4 fully saturated rings. The number of benzene rings is 1. The third kappa shape index (κ3) is 2.91. The molecule has 0 saturated carbocycles. The van der Waals surface area contributed by atoms with Gasteiger partial charge in [0.2, 0.25) is 0 Å². The molecule has 4 heteroatoms. The maximum Gasteiger partial charge on any atom is 0.0858 e. The molecule has 1 N–H and O–H groups in total. The van der Waals surface area contributed by atoms with Crippen molar-refractivity contribution < 1.29 is 9.84 Å². The summed E-state index contributed by atoms with van der Waals surface area (Å²) in [6.07, 6.45) is 6.44. The van der Waals surface area contributed by atoms with Crippen LogP contribution in [0.4, 0.5) is 0 Å². The minimum atomic E-state index is 0.0858. The van der Waals surface area contributed by atoms with E-state index in [0.717, 1.165) is 25.9 Å². The Morgan fingerprint density at radius 3 is 2.69 bits per heavy atom. The number of aliphatic hydroxyl groups is 1. The topological polar surface area (TPSA) is 35.9 Å². The summed E-state index contributed by atoms with van der Waals surface area (Å²) >= 11 is 0. The van der Waals surface area contributed by atoms with Crippen LogP contribution in [0.15, 0.2) is 30.3 Å². The van der Waals surface area contributed by atoms with E-state index in [-0.39, 0.29) is 5.60 Å². The number of aliphatic hydroxyl groups excluding tert-OH is 1. The second-order valence-electron chi connectivity index (χ2n) is 8.95. The van der Waals surface area contributed by atoms with E-state index in [1.54, 1.807) is 0 Å². The fourth-order valence-corrected chi connectivity index (χ4v) is 6.19. The van der Waals surface area contributed by atoms with Crippen LogP contribution in [0.3, 0.4) is 0 Å². The predicted molar refractivity (Wildman–Crippen MR) is 102 cm³/mol. The van der Waals surface area contributed by atoms with Gasteiger partial charge in [0.15, 0.2) is 0 Å². The molecule has 0 radical (unpaired) electrons. The van der Waals surface area contributed by atoms with Gasteiger partial charge in [-0.1, -0.05) is 30.3 Å². The monoisotopic (exact) mass is 356 g/mol. The van der Waals surface area contributed by atoms with Gasteiger partial charge in [-0.2, -0.15) is 0 Å². The lowest BCUT2D eigenvalue weighted by Crippen LogP contribution is -2.46. The van der Waals surface area contributed by atoms with E-state index in [4.69, 9.17) is 4.74 Å². The molecular formula is C22H32N2O2. The van der Waals surface area contributed by atoms with Gasteiger partial charge in [0.1, 0.15) is 0 Å². The van der Waals surface area contributed by atoms with Crippen LogP contribution in [0.1, 0.15) is 31.2 Å². The van der Waals surface area contributed by atoms with E-state index in [0.29, 0.717) is 30.6 Å². The molecule has 0 aliphatic carbocycles. The molecule has 1 aromatic carbocycles. The molecule has 0 unspecified atom stereocenters. The summed E-state index contributed by atoms with van der Waals surface area (Å²) in [7, 11) is 0. The van der Waals surface area contributed by atoms with Crippen LogP contribution >= 0.6 is 0 Å². The van der Waals surface area contributed by atoms with Gasteiger partial charge in [-0.3, -0.25) is 4.90 Å². The van der Waals surface area contributed by atoms with Gasteiger partial charge < -0.3 is 14.7 Å². The molecule has 4 nitrogen and oxygen atoms in total. The van der Waals surface area contributed by atoms with Crippen LogP contribution < -0.4 is 0 Å². The Hall–Kier alpha value is -0.940. The van der Waals surface area contributed by atoms with E-state index in [1.807, 2.05) is 0 Å². The first kappa shape index (κ1) is 17.2. The van der Waals surface area contributed by atoms with Gasteiger partial charge in [0.25, 0.3) is 0 Å². The van der Waals surface area contributed by atoms with Crippen molar-refractivity contribution in [3.8, 4) is 0 Å². The predicted octanol–water partition coefficient (Wildman–Crippen LogP) is 2.17. The summed E-state index contributed by atoms with van der Waals surface area (Å²) < 4.78 is 6.40. The Kier molecular flexibility index (Phi) is 4.56. The number of rotatable bonds is 5. The van der Waals surface area contributed by atoms with Gasteiger partial charge in [-0.15, -0.1) is 0 Å². The van der Waals surface area contributed by atoms with Crippen LogP contribution in [-0.2, 0) is 11.2 Å². The molecule has 1 aromatic rings. The molecule has 5 rings (SSSR count). The lowest BCUT2D eigenvalue weighted by molar-refractivity contribution is -0.00650. The smallest absolute Gasteiger partial charge is 0.0858 e. The normalized spacial score (nSPS) is 38.1. The van der Waals surface area contributed by atoms with Crippen molar-refractivity contribution in [2.24, 2.45) is 11.8 Å². The first-order valence-corrected chi connectivity index (χ1v) is 10.6. The molecule has 4 heterocycles. The third-order valence-electron chi connectivity index (χ3n) is 7.65. The van der Waals surface area contributed by atoms with E-state index < -0.39 is 0 Å². The molecule has 2 bridgehead atoms. The highest BCUT2D eigenvalue weighted by Crippen LogP contribution is 2.55. The van der Waals surface area contributed by atoms with Crippen molar-refractivity contribution in [3.05, 3.63) is 35.9 Å². The standard InChI is InChI=1S/C22H32N2O2/c25-15-19-20-14-24(16-22(20)10-6-21(19)26-22)18-8-12-23(13-9-18)11-7-17-4-2-1-3-5-17/h1-5,18-21,25H,6-16H2/t19-,20+,21+,22+/m0/s1. The zero-order valence-corrected chi connectivity index (χ0v) is 15.7. The minimum absolute atomic E-state index is 0.0858. The van der Waals surface area contributed by atoms with E-state index in [9.17, 15) is 5.11 Å². The number of fused-ring (bicyclic) bond motifs is 1. The number of hydrogen-bond donors (Lipinski definition) is 1. The molecule has 142 valence electrons. The quantitative estimate of drug-likeness (QED) is 0.877. The van der Waals surface area contributed by atoms with E-state index in [1.165, 1.54) is 44.5 Å². The molecule has 4 aliphatic heterocycles. The van der Waals surface area contributed by atoms with Crippen molar-refractivity contribution in [3.63, 3.8) is 0 Å². The van der Waals surface area contributed by atoms with Crippen LogP contribution in [-0.4, -0.2) is 72.0 Å². The minimum Gasteiger partial charge on any atom is -0.396 e. The first-order chi connectivity index (χ1) is 12.8. The summed E-state index contributed by atoms with van der Waals surface area (Å²) in [6.45, 7) is 6.19. The zero-order chi connectivity index (χ0) is 17.6. The SMILES string of the molecule is OC[C@H]1[C@H]2CN(C3CCN(CCc4ccccc4)CC3)C[C@]23CC[C@H]1O3. The molecule has 0 amide bonds. The van der Waals surface area contributed by atoms with Crippen molar-refractivity contribution in [1.29, 1.82) is 0 Å². The number of hydrogen-bond acceptors (Lipinski definition) is 4. The van der Waals surface area contributed by atoms with Crippen LogP contribution in [0.25, 0.3) is 0 Å². The summed E-state index contributed by atoms with van der Waals surface area (Å²) in [5.41, 5.74) is 1.53. The average Bonchev–Trinajstić information content (AvgIpc) is 3.35. The van der Waals surface area contributed by atoms with Crippen molar-refractivity contribution >= 4 is 0 Å². The maximum atomic E-state index is 9.81. The lowest BCUT2D eigenvalue weighted by atomic mass is 9.74. The second-order valence-corrected chi connectivity index (χ2v) is 8.95. The first-order valence-electron chi connectivity index (χ1n) is 10.6. The van der Waals surface area contributed by atoms with Crippen LogP contribution in [0.2, 0.25) is 0 Å². The lowest BCUT2D eigenvalue weighted by Gasteiger charge is -2.37. The Balaban J connectivity index is 1.13. The fraction of sp³-hybridized carbons (Fsp3) is 0.727. The fourth-order valence-electron chi connectivity index (χ4n) is 6.19. The highest BCUT2D eigenvalue weighted by Gasteiger charge is 2.63. The molecule has 26 heavy (non-hydrogen) atoms. The summed E-state index contributed by atoms with van der Waals surface area (Å²) in [5, 5.41) is 9.81. The van der Waals surface area contributed by atoms with Crippen molar-refractivity contribution in [1.82, 2.24) is 9.80 Å². The molecule has 1 spiro atoms. The highest BCUT2D eigenvalue weighted by atomic mass is 16.5. The Morgan fingerprint density at radius 1 is 1.12 bits per heavy atom. The Bertz CT molecular complexity index is 616. The summed E-state index contributed by atoms with van der Waals surface area (Å²) in [4.78, 5) is 5.35. The average molecular weight is 357 g/mol. The highest BCUT2D eigenvalue weighted by molar-refractivity contribution is 5.15. The molecular weight excluding hydrogens is 324 g/mol. The van der Waals surface area contributed by atoms with Gasteiger partial charge in [-0.25, -0.2) is 0 Å². The molecule has 0 aromatic heterocycles. The van der Waals surface area contributed by atoms with Crippen LogP contribution in [0, 0.1) is 11.8 Å². The van der Waals surface area contributed by atoms with E-state index in [2.05, 4.69) is 40.1 Å². The van der Waals surface area contributed by atoms with E-state index >= 15 is 0 Å². The van der Waals surface area contributed by atoms with Crippen molar-refractivity contribution in [2.75, 3.05) is 39.3 Å². The Morgan fingerprint density at radius 2 is 1.92 bits per heavy atom. The number of nitrogens with zero attached hydrogens (tertiary/aromatic N) is 2. The molecule has 4 aliphatic rings. The van der Waals surface area contributed by atoms with Gasteiger partial charge in [-0.05, 0) is 50.8 Å². The number of likely N-dealkylation sites (tertiary alicyclic amines) is 2. The second kappa shape index (κ2) is 6.90. The number of ether oxygens (including phenoxy) is 1. The van der Waals surface area contributed by atoms with Gasteiger partial charge in [0, 0.05) is 44.1 Å².